The fraction of sp³-hybridized carbons (Fsp3) is 0.333. The highest BCUT2D eigenvalue weighted by Crippen LogP contribution is 2.19. The molecular weight excluding hydrogens is 402 g/mol. The second kappa shape index (κ2) is 8.20. The van der Waals surface area contributed by atoms with Crippen molar-refractivity contribution in [3.63, 3.8) is 0 Å². The van der Waals surface area contributed by atoms with Gasteiger partial charge in [-0.3, -0.25) is 14.1 Å². The molecule has 0 saturated heterocycles. The van der Waals surface area contributed by atoms with Gasteiger partial charge in [0.15, 0.2) is 5.82 Å². The zero-order valence-corrected chi connectivity index (χ0v) is 18.7. The quantitative estimate of drug-likeness (QED) is 0.528. The Morgan fingerprint density at radius 1 is 1.09 bits per heavy atom. The lowest BCUT2D eigenvalue weighted by molar-refractivity contribution is 0.0944. The van der Waals surface area contributed by atoms with Crippen molar-refractivity contribution in [3.8, 4) is 11.4 Å². The molecule has 8 nitrogen and oxygen atoms in total. The van der Waals surface area contributed by atoms with Crippen LogP contribution in [0.4, 0.5) is 0 Å². The van der Waals surface area contributed by atoms with Crippen molar-refractivity contribution in [3.05, 3.63) is 70.9 Å². The monoisotopic (exact) mass is 429 g/mol. The lowest BCUT2D eigenvalue weighted by atomic mass is 10.1. The maximum Gasteiger partial charge on any atom is 0.270 e. The second-order valence-electron chi connectivity index (χ2n) is 8.39. The highest BCUT2D eigenvalue weighted by molar-refractivity contribution is 5.94. The van der Waals surface area contributed by atoms with Crippen LogP contribution in [0.5, 0.6) is 0 Å². The lowest BCUT2D eigenvalue weighted by Crippen LogP contribution is -2.30. The van der Waals surface area contributed by atoms with E-state index in [-0.39, 0.29) is 5.91 Å². The first-order chi connectivity index (χ1) is 15.5. The fourth-order valence-corrected chi connectivity index (χ4v) is 4.10. The van der Waals surface area contributed by atoms with Crippen molar-refractivity contribution in [2.24, 2.45) is 0 Å². The number of benzene rings is 1. The number of imidazole rings is 1. The average Bonchev–Trinajstić information content (AvgIpc) is 3.38. The number of rotatable bonds is 5. The summed E-state index contributed by atoms with van der Waals surface area (Å²) < 4.78 is 3.88. The van der Waals surface area contributed by atoms with E-state index in [0.717, 1.165) is 59.3 Å². The number of nitrogens with zero attached hydrogens (tertiary/aromatic N) is 6. The fourth-order valence-electron chi connectivity index (χ4n) is 4.10. The zero-order chi connectivity index (χ0) is 22.2. The van der Waals surface area contributed by atoms with Crippen LogP contribution in [0.15, 0.2) is 42.6 Å². The Morgan fingerprint density at radius 2 is 1.91 bits per heavy atom. The largest absolute Gasteiger partial charge is 0.347 e. The molecule has 5 rings (SSSR count). The van der Waals surface area contributed by atoms with Crippen molar-refractivity contribution >= 4 is 11.6 Å². The van der Waals surface area contributed by atoms with Gasteiger partial charge in [0.2, 0.25) is 0 Å². The van der Waals surface area contributed by atoms with E-state index in [9.17, 15) is 4.79 Å². The number of nitrogens with one attached hydrogen (secondary N) is 1. The van der Waals surface area contributed by atoms with Crippen LogP contribution in [0.3, 0.4) is 0 Å². The molecule has 164 valence electrons. The number of hydrogen-bond acceptors (Lipinski definition) is 5. The summed E-state index contributed by atoms with van der Waals surface area (Å²) in [6, 6.07) is 12.0. The predicted octanol–water partition coefficient (Wildman–Crippen LogP) is 2.84. The highest BCUT2D eigenvalue weighted by atomic mass is 16.1. The van der Waals surface area contributed by atoms with Crippen molar-refractivity contribution in [1.29, 1.82) is 0 Å². The van der Waals surface area contributed by atoms with E-state index in [1.54, 1.807) is 0 Å². The maximum atomic E-state index is 13.0. The molecule has 0 unspecified atom stereocenters. The summed E-state index contributed by atoms with van der Waals surface area (Å²) >= 11 is 0. The van der Waals surface area contributed by atoms with Crippen LogP contribution in [0, 0.1) is 6.92 Å². The van der Waals surface area contributed by atoms with Crippen molar-refractivity contribution in [2.45, 2.75) is 39.9 Å². The highest BCUT2D eigenvalue weighted by Gasteiger charge is 2.19. The van der Waals surface area contributed by atoms with E-state index >= 15 is 0 Å². The van der Waals surface area contributed by atoms with E-state index in [1.807, 2.05) is 65.5 Å². The number of amides is 1. The third-order valence-corrected chi connectivity index (χ3v) is 5.91. The summed E-state index contributed by atoms with van der Waals surface area (Å²) in [7, 11) is 2.10. The van der Waals surface area contributed by atoms with Gasteiger partial charge in [0.05, 0.1) is 18.8 Å². The molecule has 0 spiro atoms. The average molecular weight is 430 g/mol. The molecule has 3 aromatic heterocycles. The molecule has 4 heterocycles. The minimum Gasteiger partial charge on any atom is -0.347 e. The normalized spacial score (nSPS) is 14.0. The number of carbonyl (C=O) groups is 1. The molecule has 1 aliphatic heterocycles. The smallest absolute Gasteiger partial charge is 0.270 e. The van der Waals surface area contributed by atoms with Gasteiger partial charge >= 0.3 is 0 Å². The van der Waals surface area contributed by atoms with Crippen molar-refractivity contribution in [1.82, 2.24) is 34.4 Å². The van der Waals surface area contributed by atoms with E-state index in [4.69, 9.17) is 4.98 Å². The van der Waals surface area contributed by atoms with E-state index in [1.165, 1.54) is 0 Å². The topological polar surface area (TPSA) is 80.3 Å². The van der Waals surface area contributed by atoms with Gasteiger partial charge in [0.1, 0.15) is 17.2 Å². The molecule has 4 aromatic rings. The third kappa shape index (κ3) is 3.78. The Hall–Kier alpha value is -3.52. The molecule has 0 atom stereocenters. The maximum absolute atomic E-state index is 13.0. The minimum atomic E-state index is -0.114. The van der Waals surface area contributed by atoms with Crippen LogP contribution in [0.2, 0.25) is 0 Å². The SMILES string of the molecule is CCc1nc2ccc(C)cn2c1C(=O)NCc1ccc(-c2nc3n(n2)CCN(C)C3)cc1. The van der Waals surface area contributed by atoms with E-state index in [2.05, 4.69) is 27.3 Å². The minimum absolute atomic E-state index is 0.114. The predicted molar refractivity (Wildman–Crippen MR) is 122 cm³/mol. The van der Waals surface area contributed by atoms with Gasteiger partial charge in [0.25, 0.3) is 5.91 Å². The summed E-state index contributed by atoms with van der Waals surface area (Å²) in [6.07, 6.45) is 2.66. The Labute approximate surface area is 186 Å². The standard InChI is InChI=1S/C24H27N7O/c1-4-19-22(30-14-16(2)5-10-20(30)26-19)24(32)25-13-17-6-8-18(9-7-17)23-27-21-15-29(3)11-12-31(21)28-23/h5-10,14H,4,11-13,15H2,1-3H3,(H,25,32). The number of hydrogen-bond donors (Lipinski definition) is 1. The number of aryl methyl sites for hydroxylation is 2. The summed E-state index contributed by atoms with van der Waals surface area (Å²) in [6.45, 7) is 7.15. The second-order valence-corrected chi connectivity index (χ2v) is 8.39. The molecule has 1 aliphatic rings. The van der Waals surface area contributed by atoms with Gasteiger partial charge in [-0.05, 0) is 37.6 Å². The summed E-state index contributed by atoms with van der Waals surface area (Å²) in [5.41, 5.74) is 5.31. The Balaban J connectivity index is 1.30. The number of pyridine rings is 1. The first-order valence-corrected chi connectivity index (χ1v) is 11.0. The third-order valence-electron chi connectivity index (χ3n) is 5.91. The van der Waals surface area contributed by atoms with Gasteiger partial charge in [-0.2, -0.15) is 5.10 Å². The van der Waals surface area contributed by atoms with Crippen LogP contribution in [0.1, 0.15) is 40.1 Å². The first kappa shape index (κ1) is 20.4. The van der Waals surface area contributed by atoms with Crippen LogP contribution >= 0.6 is 0 Å². The molecule has 32 heavy (non-hydrogen) atoms. The Kier molecular flexibility index (Phi) is 5.22. The van der Waals surface area contributed by atoms with Gasteiger partial charge in [0, 0.05) is 24.8 Å². The van der Waals surface area contributed by atoms with Crippen LogP contribution < -0.4 is 5.32 Å². The Bertz CT molecular complexity index is 1290. The van der Waals surface area contributed by atoms with Crippen LogP contribution in [-0.4, -0.2) is 48.5 Å². The van der Waals surface area contributed by atoms with E-state index in [0.29, 0.717) is 18.7 Å². The first-order valence-electron chi connectivity index (χ1n) is 11.0. The lowest BCUT2D eigenvalue weighted by Gasteiger charge is -2.21. The molecule has 1 amide bonds. The molecular formula is C24H27N7O. The number of fused-ring (bicyclic) bond motifs is 2. The number of likely N-dealkylation sites (N-methyl/N-ethyl adjacent to an activating group) is 1. The van der Waals surface area contributed by atoms with Crippen molar-refractivity contribution < 1.29 is 4.79 Å². The van der Waals surface area contributed by atoms with Gasteiger partial charge in [-0.1, -0.05) is 37.3 Å². The molecule has 0 bridgehead atoms. The molecule has 0 radical (unpaired) electrons. The van der Waals surface area contributed by atoms with E-state index < -0.39 is 0 Å². The summed E-state index contributed by atoms with van der Waals surface area (Å²) in [4.78, 5) is 24.6. The number of carbonyl (C=O) groups excluding carboxylic acids is 1. The molecule has 0 aliphatic carbocycles. The van der Waals surface area contributed by atoms with Crippen LogP contribution in [0.25, 0.3) is 17.0 Å². The molecule has 1 aromatic carbocycles. The molecule has 1 N–H and O–H groups in total. The summed E-state index contributed by atoms with van der Waals surface area (Å²) in [5, 5.41) is 7.70. The van der Waals surface area contributed by atoms with Gasteiger partial charge in [-0.15, -0.1) is 0 Å². The van der Waals surface area contributed by atoms with Gasteiger partial charge in [-0.25, -0.2) is 14.6 Å². The van der Waals surface area contributed by atoms with Crippen LogP contribution in [-0.2, 0) is 26.1 Å². The zero-order valence-electron chi connectivity index (χ0n) is 18.7. The number of aromatic nitrogens is 5. The molecule has 8 heteroatoms. The summed E-state index contributed by atoms with van der Waals surface area (Å²) in [5.74, 6) is 1.64. The molecule has 0 saturated carbocycles. The van der Waals surface area contributed by atoms with Crippen molar-refractivity contribution in [2.75, 3.05) is 13.6 Å². The van der Waals surface area contributed by atoms with Gasteiger partial charge < -0.3 is 5.32 Å². The Morgan fingerprint density at radius 3 is 2.69 bits per heavy atom. The molecule has 0 fully saturated rings.